The molecule has 2 aliphatic heterocycles. The number of amides is 2. The zero-order valence-corrected chi connectivity index (χ0v) is 21.8. The first-order valence-electron chi connectivity index (χ1n) is 11.9. The molecule has 6 atom stereocenters. The van der Waals surface area contributed by atoms with Crippen molar-refractivity contribution in [3.8, 4) is 0 Å². The highest BCUT2D eigenvalue weighted by Gasteiger charge is 2.54. The highest BCUT2D eigenvalue weighted by molar-refractivity contribution is 8.05. The fourth-order valence-corrected chi connectivity index (χ4v) is 5.96. The molecule has 2 aromatic heterocycles. The van der Waals surface area contributed by atoms with Crippen LogP contribution in [0.5, 0.6) is 0 Å². The summed E-state index contributed by atoms with van der Waals surface area (Å²) < 4.78 is 31.6. The molecular weight excluding hydrogens is 528 g/mol. The number of para-hydroxylation sites is 1. The molecule has 0 radical (unpaired) electrons. The number of aromatic nitrogens is 5. The van der Waals surface area contributed by atoms with Crippen LogP contribution >= 0.6 is 16.4 Å². The zero-order chi connectivity index (χ0) is 25.9. The van der Waals surface area contributed by atoms with Gasteiger partial charge in [0.1, 0.15) is 18.5 Å². The summed E-state index contributed by atoms with van der Waals surface area (Å²) in [5.74, 6) is 0.206. The Kier molecular flexibility index (Phi) is 7.31. The standard InChI is InChI=1S/C24H23N7O5P2/c32-24(27-15-9-5-2-6-10-15)28-21-18-22(26-13-25-21)31(30-29-18)23-20-19(16(34-23)12-37-38-33)35-17(36-20)11-14-7-3-1-4-8-14/h1-10,13,16-17,19-20,23,37H,11-12H2,(H2,25,26,27,28,32)/t16-,17?,19-,20-,23-/m1/s1. The van der Waals surface area contributed by atoms with E-state index in [9.17, 15) is 9.36 Å². The van der Waals surface area contributed by atoms with Crippen molar-refractivity contribution in [2.75, 3.05) is 16.8 Å². The van der Waals surface area contributed by atoms with Gasteiger partial charge in [0.05, 0.1) is 6.10 Å². The van der Waals surface area contributed by atoms with Crippen LogP contribution in [0.4, 0.5) is 16.3 Å². The summed E-state index contributed by atoms with van der Waals surface area (Å²) in [7, 11) is 0.235. The molecule has 2 aromatic carbocycles. The molecule has 0 spiro atoms. The molecule has 4 heterocycles. The van der Waals surface area contributed by atoms with Crippen LogP contribution in [0.2, 0.25) is 0 Å². The van der Waals surface area contributed by atoms with Crippen molar-refractivity contribution < 1.29 is 23.6 Å². The number of rotatable bonds is 8. The molecule has 194 valence electrons. The van der Waals surface area contributed by atoms with Gasteiger partial charge >= 0.3 is 6.03 Å². The molecule has 2 amide bonds. The van der Waals surface area contributed by atoms with E-state index in [1.807, 2.05) is 48.5 Å². The van der Waals surface area contributed by atoms with E-state index in [1.54, 1.807) is 12.1 Å². The van der Waals surface area contributed by atoms with E-state index in [0.717, 1.165) is 5.56 Å². The molecule has 0 bridgehead atoms. The van der Waals surface area contributed by atoms with Gasteiger partial charge in [-0.3, -0.25) is 9.88 Å². The number of hydrogen-bond donors (Lipinski definition) is 2. The minimum Gasteiger partial charge on any atom is -0.347 e. The maximum atomic E-state index is 12.5. The molecule has 0 aliphatic carbocycles. The lowest BCUT2D eigenvalue weighted by molar-refractivity contribution is -0.142. The van der Waals surface area contributed by atoms with Crippen molar-refractivity contribution in [1.29, 1.82) is 0 Å². The Morgan fingerprint density at radius 1 is 0.974 bits per heavy atom. The number of nitrogens with one attached hydrogen (secondary N) is 2. The van der Waals surface area contributed by atoms with Crippen molar-refractivity contribution in [3.05, 3.63) is 72.6 Å². The van der Waals surface area contributed by atoms with Gasteiger partial charge in [-0.1, -0.05) is 53.7 Å². The minimum absolute atomic E-state index is 0.0645. The third-order valence-corrected chi connectivity index (χ3v) is 7.92. The maximum Gasteiger partial charge on any atom is 0.324 e. The highest BCUT2D eigenvalue weighted by Crippen LogP contribution is 2.43. The predicted molar refractivity (Wildman–Crippen MR) is 141 cm³/mol. The van der Waals surface area contributed by atoms with Gasteiger partial charge in [-0.15, -0.1) is 5.10 Å². The first-order valence-corrected chi connectivity index (χ1v) is 14.8. The van der Waals surface area contributed by atoms with E-state index >= 15 is 0 Å². The first kappa shape index (κ1) is 24.9. The topological polar surface area (TPSA) is 142 Å². The van der Waals surface area contributed by atoms with Crippen LogP contribution in [0.15, 0.2) is 67.0 Å². The summed E-state index contributed by atoms with van der Waals surface area (Å²) >= 11 is 0. The average molecular weight is 551 g/mol. The lowest BCUT2D eigenvalue weighted by Gasteiger charge is -2.20. The molecule has 0 saturated carbocycles. The molecule has 2 unspecified atom stereocenters. The van der Waals surface area contributed by atoms with Gasteiger partial charge in [0, 0.05) is 18.3 Å². The van der Waals surface area contributed by atoms with E-state index < -0.39 is 24.7 Å². The van der Waals surface area contributed by atoms with Gasteiger partial charge in [0.15, 0.2) is 37.6 Å². The van der Waals surface area contributed by atoms with Gasteiger partial charge in [0.25, 0.3) is 0 Å². The Morgan fingerprint density at radius 3 is 2.53 bits per heavy atom. The zero-order valence-electron chi connectivity index (χ0n) is 19.9. The van der Waals surface area contributed by atoms with Gasteiger partial charge < -0.3 is 19.5 Å². The summed E-state index contributed by atoms with van der Waals surface area (Å²) in [4.78, 5) is 21.1. The third-order valence-electron chi connectivity index (χ3n) is 6.27. The van der Waals surface area contributed by atoms with Crippen LogP contribution in [0.1, 0.15) is 11.8 Å². The van der Waals surface area contributed by atoms with E-state index in [4.69, 9.17) is 14.2 Å². The van der Waals surface area contributed by atoms with Crippen LogP contribution in [0, 0.1) is 0 Å². The average Bonchev–Trinajstić information content (AvgIpc) is 3.63. The molecule has 2 aliphatic rings. The maximum absolute atomic E-state index is 12.5. The summed E-state index contributed by atoms with van der Waals surface area (Å²) in [6.07, 6.45) is 0.158. The lowest BCUT2D eigenvalue weighted by atomic mass is 10.1. The van der Waals surface area contributed by atoms with Gasteiger partial charge in [-0.2, -0.15) is 4.68 Å². The summed E-state index contributed by atoms with van der Waals surface area (Å²) in [5.41, 5.74) is 2.41. The number of carbonyl (C=O) groups is 1. The van der Waals surface area contributed by atoms with Crippen molar-refractivity contribution in [3.63, 3.8) is 0 Å². The van der Waals surface area contributed by atoms with Crippen molar-refractivity contribution in [1.82, 2.24) is 25.0 Å². The molecule has 4 aromatic rings. The number of urea groups is 1. The smallest absolute Gasteiger partial charge is 0.324 e. The number of ether oxygens (including phenoxy) is 3. The fourth-order valence-electron chi connectivity index (χ4n) is 4.61. The first-order chi connectivity index (χ1) is 18.7. The number of benzene rings is 2. The molecule has 2 saturated heterocycles. The largest absolute Gasteiger partial charge is 0.347 e. The second-order valence-electron chi connectivity index (χ2n) is 8.71. The number of nitrogens with zero attached hydrogens (tertiary/aromatic N) is 5. The SMILES string of the molecule is O=PPC[C@H]1O[C@@H](n2nnc3c(NC(=O)Nc4ccccc4)ncnc32)[C@@H]2OC(Cc3ccccc3)O[C@@H]21. The van der Waals surface area contributed by atoms with E-state index in [-0.39, 0.29) is 34.4 Å². The third kappa shape index (κ3) is 5.14. The Morgan fingerprint density at radius 2 is 1.74 bits per heavy atom. The molecular formula is C24H23N7O5P2. The number of fused-ring (bicyclic) bond motifs is 2. The lowest BCUT2D eigenvalue weighted by Crippen LogP contribution is -2.30. The molecule has 2 N–H and O–H groups in total. The number of carbonyl (C=O) groups excluding carboxylic acids is 1. The van der Waals surface area contributed by atoms with Crippen LogP contribution in [0.25, 0.3) is 11.2 Å². The van der Waals surface area contributed by atoms with E-state index in [2.05, 4.69) is 30.9 Å². The molecule has 38 heavy (non-hydrogen) atoms. The van der Waals surface area contributed by atoms with E-state index in [0.29, 0.717) is 29.4 Å². The van der Waals surface area contributed by atoms with Crippen LogP contribution in [-0.2, 0) is 25.2 Å². The number of hydrogen-bond acceptors (Lipinski definition) is 9. The summed E-state index contributed by atoms with van der Waals surface area (Å²) in [6, 6.07) is 18.5. The van der Waals surface area contributed by atoms with Crippen molar-refractivity contribution in [2.45, 2.75) is 37.3 Å². The Labute approximate surface area is 220 Å². The van der Waals surface area contributed by atoms with Gasteiger partial charge in [-0.05, 0) is 26.0 Å². The van der Waals surface area contributed by atoms with Crippen molar-refractivity contribution in [2.24, 2.45) is 0 Å². The van der Waals surface area contributed by atoms with Crippen molar-refractivity contribution >= 4 is 45.1 Å². The Hall–Kier alpha value is -3.40. The highest BCUT2D eigenvalue weighted by atomic mass is 32.0. The quantitative estimate of drug-likeness (QED) is 0.311. The minimum atomic E-state index is -0.676. The number of anilines is 2. The normalized spacial score (nSPS) is 24.8. The fraction of sp³-hybridized carbons (Fsp3) is 0.292. The molecule has 12 nitrogen and oxygen atoms in total. The predicted octanol–water partition coefficient (Wildman–Crippen LogP) is 4.00. The second-order valence-corrected chi connectivity index (χ2v) is 11.1. The monoisotopic (exact) mass is 551 g/mol. The van der Waals surface area contributed by atoms with Crippen LogP contribution < -0.4 is 10.6 Å². The Balaban J connectivity index is 1.23. The van der Waals surface area contributed by atoms with Gasteiger partial charge in [-0.25, -0.2) is 14.8 Å². The second kappa shape index (κ2) is 11.1. The summed E-state index contributed by atoms with van der Waals surface area (Å²) in [6.45, 7) is 0. The van der Waals surface area contributed by atoms with E-state index in [1.165, 1.54) is 11.0 Å². The molecule has 2 fully saturated rings. The van der Waals surface area contributed by atoms with Gasteiger partial charge in [0.2, 0.25) is 0 Å². The summed E-state index contributed by atoms with van der Waals surface area (Å²) in [5, 5.41) is 14.0. The molecule has 6 rings (SSSR count). The molecule has 14 heteroatoms. The van der Waals surface area contributed by atoms with Crippen LogP contribution in [0.3, 0.4) is 0 Å². The van der Waals surface area contributed by atoms with Crippen LogP contribution in [-0.4, -0.2) is 61.8 Å². The Bertz CT molecular complexity index is 1430.